The molecule has 0 aliphatic rings. The summed E-state index contributed by atoms with van der Waals surface area (Å²) in [5.74, 6) is -0.415. The van der Waals surface area contributed by atoms with E-state index in [9.17, 15) is 4.79 Å². The number of nitrogens with zero attached hydrogens (tertiary/aromatic N) is 2. The third kappa shape index (κ3) is 2.44. The predicted molar refractivity (Wildman–Crippen MR) is 63.9 cm³/mol. The number of nitrogens with two attached hydrogens (primary N) is 1. The van der Waals surface area contributed by atoms with Crippen LogP contribution < -0.4 is 5.73 Å². The number of esters is 1. The third-order valence-electron chi connectivity index (χ3n) is 2.23. The molecule has 1 heterocycles. The minimum atomic E-state index is -0.415. The zero-order valence-electron chi connectivity index (χ0n) is 9.46. The molecule has 0 saturated carbocycles. The Balaban J connectivity index is 2.23. The van der Waals surface area contributed by atoms with Crippen LogP contribution >= 0.6 is 0 Å². The van der Waals surface area contributed by atoms with E-state index in [1.165, 1.54) is 0 Å². The second-order valence-electron chi connectivity index (χ2n) is 3.46. The van der Waals surface area contributed by atoms with E-state index in [-0.39, 0.29) is 0 Å². The molecule has 0 saturated heterocycles. The van der Waals surface area contributed by atoms with Gasteiger partial charge in [-0.25, -0.2) is 9.48 Å². The molecule has 0 bridgehead atoms. The Labute approximate surface area is 98.8 Å². The summed E-state index contributed by atoms with van der Waals surface area (Å²) in [6, 6.07) is 8.84. The van der Waals surface area contributed by atoms with Gasteiger partial charge in [-0.3, -0.25) is 0 Å². The maximum absolute atomic E-state index is 11.4. The lowest BCUT2D eigenvalue weighted by atomic mass is 10.3. The Morgan fingerprint density at radius 2 is 2.06 bits per heavy atom. The van der Waals surface area contributed by atoms with E-state index in [1.807, 2.05) is 12.1 Å². The zero-order valence-corrected chi connectivity index (χ0v) is 9.46. The second kappa shape index (κ2) is 4.69. The number of hydrogen-bond donors (Lipinski definition) is 1. The van der Waals surface area contributed by atoms with Gasteiger partial charge in [0.15, 0.2) is 5.69 Å². The van der Waals surface area contributed by atoms with Crippen molar-refractivity contribution in [3.8, 4) is 5.69 Å². The number of hydrogen-bond acceptors (Lipinski definition) is 4. The lowest BCUT2D eigenvalue weighted by Crippen LogP contribution is -2.06. The van der Waals surface area contributed by atoms with Crippen LogP contribution in [0.1, 0.15) is 17.4 Å². The molecule has 0 amide bonds. The standard InChI is InChI=1S/C12H13N3O2/c1-2-17-12(16)11-7-8-15(14-11)10-5-3-9(13)4-6-10/h3-8H,2,13H2,1H3. The van der Waals surface area contributed by atoms with Crippen molar-refractivity contribution in [2.24, 2.45) is 0 Å². The van der Waals surface area contributed by atoms with Crippen molar-refractivity contribution in [2.75, 3.05) is 12.3 Å². The van der Waals surface area contributed by atoms with E-state index in [1.54, 1.807) is 36.0 Å². The average Bonchev–Trinajstić information content (AvgIpc) is 2.80. The van der Waals surface area contributed by atoms with Crippen LogP contribution in [0.5, 0.6) is 0 Å². The first kappa shape index (κ1) is 11.2. The lowest BCUT2D eigenvalue weighted by Gasteiger charge is -2.01. The maximum atomic E-state index is 11.4. The summed E-state index contributed by atoms with van der Waals surface area (Å²) in [5.41, 5.74) is 7.42. The first-order valence-corrected chi connectivity index (χ1v) is 5.29. The van der Waals surface area contributed by atoms with E-state index < -0.39 is 5.97 Å². The number of nitrogen functional groups attached to an aromatic ring is 1. The molecule has 0 fully saturated rings. The molecule has 5 heteroatoms. The van der Waals surface area contributed by atoms with Crippen LogP contribution in [-0.2, 0) is 4.74 Å². The summed E-state index contributed by atoms with van der Waals surface area (Å²) in [6.07, 6.45) is 1.71. The van der Waals surface area contributed by atoms with Gasteiger partial charge in [-0.15, -0.1) is 0 Å². The molecule has 0 spiro atoms. The van der Waals surface area contributed by atoms with Gasteiger partial charge in [-0.2, -0.15) is 5.10 Å². The summed E-state index contributed by atoms with van der Waals surface area (Å²) >= 11 is 0. The molecule has 2 aromatic rings. The van der Waals surface area contributed by atoms with Crippen LogP contribution in [-0.4, -0.2) is 22.4 Å². The fourth-order valence-electron chi connectivity index (χ4n) is 1.41. The third-order valence-corrected chi connectivity index (χ3v) is 2.23. The van der Waals surface area contributed by atoms with E-state index in [2.05, 4.69) is 5.10 Å². The lowest BCUT2D eigenvalue weighted by molar-refractivity contribution is 0.0519. The average molecular weight is 231 g/mol. The van der Waals surface area contributed by atoms with Crippen LogP contribution in [0, 0.1) is 0 Å². The van der Waals surface area contributed by atoms with Crippen LogP contribution in [0.3, 0.4) is 0 Å². The van der Waals surface area contributed by atoms with Crippen molar-refractivity contribution in [3.05, 3.63) is 42.2 Å². The van der Waals surface area contributed by atoms with Gasteiger partial charge in [0.2, 0.25) is 0 Å². The van der Waals surface area contributed by atoms with Crippen molar-refractivity contribution >= 4 is 11.7 Å². The van der Waals surface area contributed by atoms with Crippen molar-refractivity contribution in [1.29, 1.82) is 0 Å². The number of ether oxygens (including phenoxy) is 1. The summed E-state index contributed by atoms with van der Waals surface area (Å²) < 4.78 is 6.46. The highest BCUT2D eigenvalue weighted by atomic mass is 16.5. The van der Waals surface area contributed by atoms with Crippen molar-refractivity contribution in [2.45, 2.75) is 6.92 Å². The number of carbonyl (C=O) groups excluding carboxylic acids is 1. The highest BCUT2D eigenvalue weighted by Gasteiger charge is 2.10. The smallest absolute Gasteiger partial charge is 0.358 e. The Bertz CT molecular complexity index is 517. The number of rotatable bonds is 3. The van der Waals surface area contributed by atoms with E-state index in [4.69, 9.17) is 10.5 Å². The van der Waals surface area contributed by atoms with Gasteiger partial charge in [0.25, 0.3) is 0 Å². The van der Waals surface area contributed by atoms with Gasteiger partial charge in [0.05, 0.1) is 12.3 Å². The predicted octanol–water partition coefficient (Wildman–Crippen LogP) is 1.63. The molecule has 0 radical (unpaired) electrons. The second-order valence-corrected chi connectivity index (χ2v) is 3.46. The molecule has 2 N–H and O–H groups in total. The summed E-state index contributed by atoms with van der Waals surface area (Å²) in [4.78, 5) is 11.4. The van der Waals surface area contributed by atoms with E-state index >= 15 is 0 Å². The zero-order chi connectivity index (χ0) is 12.3. The molecule has 1 aromatic carbocycles. The Hall–Kier alpha value is -2.30. The van der Waals surface area contributed by atoms with Gasteiger partial charge in [0.1, 0.15) is 0 Å². The minimum absolute atomic E-state index is 0.295. The van der Waals surface area contributed by atoms with Crippen molar-refractivity contribution in [1.82, 2.24) is 9.78 Å². The molecule has 0 aliphatic heterocycles. The highest BCUT2D eigenvalue weighted by Crippen LogP contribution is 2.10. The number of anilines is 1. The quantitative estimate of drug-likeness (QED) is 0.643. The van der Waals surface area contributed by atoms with Gasteiger partial charge >= 0.3 is 5.97 Å². The Morgan fingerprint density at radius 3 is 2.71 bits per heavy atom. The molecule has 5 nitrogen and oxygen atoms in total. The number of benzene rings is 1. The molecule has 0 atom stereocenters. The van der Waals surface area contributed by atoms with Crippen LogP contribution in [0.2, 0.25) is 0 Å². The molecule has 88 valence electrons. The van der Waals surface area contributed by atoms with Gasteiger partial charge < -0.3 is 10.5 Å². The Kier molecular flexibility index (Phi) is 3.09. The van der Waals surface area contributed by atoms with Crippen LogP contribution in [0.25, 0.3) is 5.69 Å². The largest absolute Gasteiger partial charge is 0.461 e. The summed E-state index contributed by atoms with van der Waals surface area (Å²) in [7, 11) is 0. The number of aromatic nitrogens is 2. The minimum Gasteiger partial charge on any atom is -0.461 e. The summed E-state index contributed by atoms with van der Waals surface area (Å²) in [6.45, 7) is 2.10. The molecule has 2 rings (SSSR count). The summed E-state index contributed by atoms with van der Waals surface area (Å²) in [5, 5.41) is 4.13. The maximum Gasteiger partial charge on any atom is 0.358 e. The topological polar surface area (TPSA) is 70.1 Å². The van der Waals surface area contributed by atoms with Gasteiger partial charge in [-0.1, -0.05) is 0 Å². The molecule has 0 aliphatic carbocycles. The molecule has 1 aromatic heterocycles. The fraction of sp³-hybridized carbons (Fsp3) is 0.167. The van der Waals surface area contributed by atoms with E-state index in [0.29, 0.717) is 18.0 Å². The first-order valence-electron chi connectivity index (χ1n) is 5.29. The first-order chi connectivity index (χ1) is 8.20. The van der Waals surface area contributed by atoms with E-state index in [0.717, 1.165) is 5.69 Å². The molecule has 0 unspecified atom stereocenters. The molecular formula is C12H13N3O2. The fourth-order valence-corrected chi connectivity index (χ4v) is 1.41. The normalized spacial score (nSPS) is 10.2. The number of carbonyl (C=O) groups is 1. The molecule has 17 heavy (non-hydrogen) atoms. The molecular weight excluding hydrogens is 218 g/mol. The SMILES string of the molecule is CCOC(=O)c1ccn(-c2ccc(N)cc2)n1. The van der Waals surface area contributed by atoms with Gasteiger partial charge in [0, 0.05) is 11.9 Å². The monoisotopic (exact) mass is 231 g/mol. The van der Waals surface area contributed by atoms with Crippen molar-refractivity contribution in [3.63, 3.8) is 0 Å². The highest BCUT2D eigenvalue weighted by molar-refractivity contribution is 5.87. The van der Waals surface area contributed by atoms with Crippen molar-refractivity contribution < 1.29 is 9.53 Å². The Morgan fingerprint density at radius 1 is 1.35 bits per heavy atom. The van der Waals surface area contributed by atoms with Gasteiger partial charge in [-0.05, 0) is 37.3 Å². The van der Waals surface area contributed by atoms with Crippen LogP contribution in [0.15, 0.2) is 36.5 Å². The van der Waals surface area contributed by atoms with Crippen LogP contribution in [0.4, 0.5) is 5.69 Å².